The van der Waals surface area contributed by atoms with Crippen molar-refractivity contribution in [3.8, 4) is 18.4 Å². The molecule has 0 amide bonds. The molecule has 62 valence electrons. The van der Waals surface area contributed by atoms with Crippen molar-refractivity contribution >= 4 is 5.69 Å². The Labute approximate surface area is 74.6 Å². The largest absolute Gasteiger partial charge is 0.287 e. The van der Waals surface area contributed by atoms with Crippen LogP contribution in [0.1, 0.15) is 11.1 Å². The number of nitrogens with zero attached hydrogens (tertiary/aromatic N) is 2. The normalized spacial score (nSPS) is 8.46. The zero-order valence-electron chi connectivity index (χ0n) is 6.52. The third kappa shape index (κ3) is 1.63. The van der Waals surface area contributed by atoms with Crippen molar-refractivity contribution in [2.75, 3.05) is 0 Å². The molecular weight excluding hydrogens is 168 g/mol. The molecule has 4 heteroatoms. The molecule has 0 aliphatic rings. The van der Waals surface area contributed by atoms with Crippen LogP contribution in [0.3, 0.4) is 0 Å². The number of hydrogen-bond acceptors (Lipinski definition) is 3. The van der Waals surface area contributed by atoms with Crippen molar-refractivity contribution in [2.24, 2.45) is 0 Å². The van der Waals surface area contributed by atoms with Crippen LogP contribution in [0.25, 0.3) is 0 Å². The fraction of sp³-hybridized carbons (Fsp3) is 0. The predicted molar refractivity (Wildman–Crippen MR) is 45.7 cm³/mol. The summed E-state index contributed by atoms with van der Waals surface area (Å²) in [6, 6.07) is 5.69. The van der Waals surface area contributed by atoms with E-state index in [1.165, 1.54) is 18.2 Å². The summed E-state index contributed by atoms with van der Waals surface area (Å²) >= 11 is 0. The van der Waals surface area contributed by atoms with E-state index in [1.54, 1.807) is 6.07 Å². The Morgan fingerprint density at radius 1 is 1.54 bits per heavy atom. The van der Waals surface area contributed by atoms with E-state index in [0.717, 1.165) is 0 Å². The number of nitro groups is 1. The minimum absolute atomic E-state index is 0.0135. The van der Waals surface area contributed by atoms with Gasteiger partial charge in [-0.3, -0.25) is 10.1 Å². The summed E-state index contributed by atoms with van der Waals surface area (Å²) in [4.78, 5) is 9.77. The fourth-order valence-corrected chi connectivity index (χ4v) is 0.875. The van der Waals surface area contributed by atoms with E-state index < -0.39 is 4.92 Å². The molecule has 0 unspecified atom stereocenters. The van der Waals surface area contributed by atoms with Crippen molar-refractivity contribution in [1.82, 2.24) is 0 Å². The molecule has 0 heterocycles. The number of nitro benzene ring substituents is 1. The van der Waals surface area contributed by atoms with Gasteiger partial charge in [-0.05, 0) is 12.1 Å². The highest BCUT2D eigenvalue weighted by molar-refractivity contribution is 5.53. The lowest BCUT2D eigenvalue weighted by Gasteiger charge is -1.94. The minimum atomic E-state index is -0.612. The quantitative estimate of drug-likeness (QED) is 0.365. The topological polar surface area (TPSA) is 66.9 Å². The van der Waals surface area contributed by atoms with Gasteiger partial charge in [0.1, 0.15) is 11.6 Å². The van der Waals surface area contributed by atoms with Crippen molar-refractivity contribution in [2.45, 2.75) is 0 Å². The molecule has 1 rings (SSSR count). The Morgan fingerprint density at radius 3 is 2.69 bits per heavy atom. The molecule has 0 fully saturated rings. The Bertz CT molecular complexity index is 438. The molecule has 0 spiro atoms. The molecule has 4 nitrogen and oxygen atoms in total. The second-order valence-corrected chi connectivity index (χ2v) is 2.25. The first kappa shape index (κ1) is 8.76. The van der Waals surface area contributed by atoms with Crippen LogP contribution in [0.5, 0.6) is 0 Å². The van der Waals surface area contributed by atoms with Crippen LogP contribution >= 0.6 is 0 Å². The maximum Gasteiger partial charge on any atom is 0.287 e. The third-order valence-corrected chi connectivity index (χ3v) is 1.48. The molecule has 0 aromatic heterocycles. The average molecular weight is 172 g/mol. The summed E-state index contributed by atoms with van der Waals surface area (Å²) < 4.78 is 0. The van der Waals surface area contributed by atoms with Gasteiger partial charge >= 0.3 is 0 Å². The maximum absolute atomic E-state index is 10.4. The minimum Gasteiger partial charge on any atom is -0.258 e. The molecule has 0 radical (unpaired) electrons. The van der Waals surface area contributed by atoms with Crippen LogP contribution in [0.15, 0.2) is 18.2 Å². The van der Waals surface area contributed by atoms with Crippen molar-refractivity contribution in [1.29, 1.82) is 5.26 Å². The summed E-state index contributed by atoms with van der Waals surface area (Å²) in [6.07, 6.45) is 5.07. The van der Waals surface area contributed by atoms with Gasteiger partial charge in [0.25, 0.3) is 5.69 Å². The highest BCUT2D eigenvalue weighted by atomic mass is 16.6. The van der Waals surface area contributed by atoms with Crippen LogP contribution < -0.4 is 0 Å². The first-order valence-electron chi connectivity index (χ1n) is 3.34. The number of terminal acetylenes is 1. The molecule has 0 saturated carbocycles. The summed E-state index contributed by atoms with van der Waals surface area (Å²) in [7, 11) is 0. The summed E-state index contributed by atoms with van der Waals surface area (Å²) in [5, 5.41) is 18.9. The van der Waals surface area contributed by atoms with E-state index in [0.29, 0.717) is 5.56 Å². The highest BCUT2D eigenvalue weighted by Crippen LogP contribution is 2.18. The van der Waals surface area contributed by atoms with Gasteiger partial charge in [0, 0.05) is 11.6 Å². The summed E-state index contributed by atoms with van der Waals surface area (Å²) in [6.45, 7) is 0. The van der Waals surface area contributed by atoms with E-state index in [9.17, 15) is 10.1 Å². The average Bonchev–Trinajstić information content (AvgIpc) is 2.16. The van der Waals surface area contributed by atoms with Gasteiger partial charge in [0.15, 0.2) is 0 Å². The smallest absolute Gasteiger partial charge is 0.258 e. The monoisotopic (exact) mass is 172 g/mol. The molecule has 13 heavy (non-hydrogen) atoms. The summed E-state index contributed by atoms with van der Waals surface area (Å²) in [5.74, 6) is 2.29. The molecule has 0 bridgehead atoms. The van der Waals surface area contributed by atoms with Crippen molar-refractivity contribution in [3.05, 3.63) is 39.4 Å². The van der Waals surface area contributed by atoms with Gasteiger partial charge in [-0.15, -0.1) is 6.42 Å². The van der Waals surface area contributed by atoms with Crippen LogP contribution in [0.2, 0.25) is 0 Å². The highest BCUT2D eigenvalue weighted by Gasteiger charge is 2.12. The Morgan fingerprint density at radius 2 is 2.23 bits per heavy atom. The molecule has 0 aliphatic heterocycles. The van der Waals surface area contributed by atoms with E-state index in [2.05, 4.69) is 5.92 Å². The van der Waals surface area contributed by atoms with Gasteiger partial charge in [0.05, 0.1) is 4.92 Å². The Kier molecular flexibility index (Phi) is 2.28. The third-order valence-electron chi connectivity index (χ3n) is 1.48. The maximum atomic E-state index is 10.4. The molecule has 1 aromatic rings. The van der Waals surface area contributed by atoms with Gasteiger partial charge in [-0.1, -0.05) is 5.92 Å². The van der Waals surface area contributed by atoms with E-state index in [1.807, 2.05) is 0 Å². The van der Waals surface area contributed by atoms with E-state index in [4.69, 9.17) is 11.7 Å². The van der Waals surface area contributed by atoms with Gasteiger partial charge in [0.2, 0.25) is 0 Å². The molecule has 1 aromatic carbocycles. The molecule has 0 atom stereocenters. The first-order chi connectivity index (χ1) is 6.19. The lowest BCUT2D eigenvalue weighted by Crippen LogP contribution is -1.92. The zero-order valence-corrected chi connectivity index (χ0v) is 6.52. The lowest BCUT2D eigenvalue weighted by atomic mass is 10.1. The van der Waals surface area contributed by atoms with E-state index >= 15 is 0 Å². The van der Waals surface area contributed by atoms with Crippen molar-refractivity contribution < 1.29 is 4.92 Å². The van der Waals surface area contributed by atoms with Crippen LogP contribution in [-0.2, 0) is 0 Å². The van der Waals surface area contributed by atoms with Gasteiger partial charge < -0.3 is 0 Å². The second-order valence-electron chi connectivity index (χ2n) is 2.25. The van der Waals surface area contributed by atoms with Gasteiger partial charge in [-0.2, -0.15) is 5.26 Å². The molecule has 0 N–H and O–H groups in total. The standard InChI is InChI=1S/C9H4N2O2/c1-2-7-3-4-9(11(12)13)8(5-7)6-10/h1,3-5H. The number of rotatable bonds is 1. The predicted octanol–water partition coefficient (Wildman–Crippen LogP) is 1.45. The van der Waals surface area contributed by atoms with Crippen molar-refractivity contribution in [3.63, 3.8) is 0 Å². The number of hydrogen-bond donors (Lipinski definition) is 0. The SMILES string of the molecule is C#Cc1ccc([N+](=O)[O-])c(C#N)c1. The molecular formula is C9H4N2O2. The summed E-state index contributed by atoms with van der Waals surface area (Å²) in [5.41, 5.74) is 0.226. The fourth-order valence-electron chi connectivity index (χ4n) is 0.875. The number of nitriles is 1. The first-order valence-corrected chi connectivity index (χ1v) is 3.34. The van der Waals surface area contributed by atoms with E-state index in [-0.39, 0.29) is 11.3 Å². The second kappa shape index (κ2) is 3.38. The van der Waals surface area contributed by atoms with Crippen LogP contribution in [-0.4, -0.2) is 4.92 Å². The Balaban J connectivity index is 3.36. The van der Waals surface area contributed by atoms with Gasteiger partial charge in [-0.25, -0.2) is 0 Å². The lowest BCUT2D eigenvalue weighted by molar-refractivity contribution is -0.385. The van der Waals surface area contributed by atoms with Crippen LogP contribution in [0, 0.1) is 33.8 Å². The molecule has 0 saturated heterocycles. The zero-order chi connectivity index (χ0) is 9.84. The number of benzene rings is 1. The van der Waals surface area contributed by atoms with Crippen LogP contribution in [0.4, 0.5) is 5.69 Å². The molecule has 0 aliphatic carbocycles. The Hall–Kier alpha value is -2.33.